The number of carbonyl (C=O) groups excluding carboxylic acids is 3. The predicted molar refractivity (Wildman–Crippen MR) is 348 cm³/mol. The highest BCUT2D eigenvalue weighted by molar-refractivity contribution is 5.71. The first kappa shape index (κ1) is 75.8. The molecule has 0 N–H and O–H groups in total. The Labute approximate surface area is 494 Å². The van der Waals surface area contributed by atoms with Crippen molar-refractivity contribution in [3.63, 3.8) is 0 Å². The number of esters is 3. The van der Waals surface area contributed by atoms with E-state index >= 15 is 0 Å². The number of hydrogen-bond donors (Lipinski definition) is 0. The van der Waals surface area contributed by atoms with E-state index < -0.39 is 6.10 Å². The van der Waals surface area contributed by atoms with Gasteiger partial charge in [-0.25, -0.2) is 0 Å². The van der Waals surface area contributed by atoms with Gasteiger partial charge in [-0.15, -0.1) is 0 Å². The topological polar surface area (TPSA) is 78.9 Å². The highest BCUT2D eigenvalue weighted by atomic mass is 16.6. The summed E-state index contributed by atoms with van der Waals surface area (Å²) in [7, 11) is 0. The van der Waals surface area contributed by atoms with Crippen molar-refractivity contribution in [2.75, 3.05) is 13.2 Å². The van der Waals surface area contributed by atoms with Gasteiger partial charge < -0.3 is 14.2 Å². The maximum atomic E-state index is 12.9. The number of rotatable bonds is 60. The lowest BCUT2D eigenvalue weighted by Gasteiger charge is -2.18. The van der Waals surface area contributed by atoms with Crippen molar-refractivity contribution in [1.29, 1.82) is 0 Å². The van der Waals surface area contributed by atoms with Gasteiger partial charge in [-0.3, -0.25) is 14.4 Å². The van der Waals surface area contributed by atoms with Crippen molar-refractivity contribution in [2.24, 2.45) is 0 Å². The molecule has 0 aliphatic rings. The molecule has 0 saturated carbocycles. The van der Waals surface area contributed by atoms with Crippen LogP contribution < -0.4 is 0 Å². The first-order chi connectivity index (χ1) is 39.5. The van der Waals surface area contributed by atoms with Gasteiger partial charge in [0.25, 0.3) is 0 Å². The van der Waals surface area contributed by atoms with E-state index in [0.717, 1.165) is 141 Å². The fourth-order valence-corrected chi connectivity index (χ4v) is 9.22. The van der Waals surface area contributed by atoms with Crippen LogP contribution in [0.3, 0.4) is 0 Å². The summed E-state index contributed by atoms with van der Waals surface area (Å²) in [5.74, 6) is -0.905. The molecule has 0 aromatic heterocycles. The molecular formula is C74H124O6. The summed E-state index contributed by atoms with van der Waals surface area (Å²) in [6.07, 6.45) is 93.5. The van der Waals surface area contributed by atoms with E-state index in [2.05, 4.69) is 142 Å². The normalized spacial score (nSPS) is 12.9. The molecule has 0 aromatic carbocycles. The summed E-state index contributed by atoms with van der Waals surface area (Å²) >= 11 is 0. The maximum Gasteiger partial charge on any atom is 0.306 e. The smallest absolute Gasteiger partial charge is 0.306 e. The van der Waals surface area contributed by atoms with Gasteiger partial charge in [0, 0.05) is 19.3 Å². The first-order valence-corrected chi connectivity index (χ1v) is 33.5. The van der Waals surface area contributed by atoms with E-state index in [1.165, 1.54) is 128 Å². The molecule has 0 radical (unpaired) electrons. The Morgan fingerprint density at radius 2 is 0.487 bits per heavy atom. The van der Waals surface area contributed by atoms with Crippen LogP contribution in [0, 0.1) is 0 Å². The number of unbranched alkanes of at least 4 members (excludes halogenated alkanes) is 29. The Balaban J connectivity index is 4.32. The van der Waals surface area contributed by atoms with Gasteiger partial charge in [0.1, 0.15) is 13.2 Å². The van der Waals surface area contributed by atoms with Crippen LogP contribution in [0.2, 0.25) is 0 Å². The molecule has 6 heteroatoms. The summed E-state index contributed by atoms with van der Waals surface area (Å²) in [5.41, 5.74) is 0. The lowest BCUT2D eigenvalue weighted by Crippen LogP contribution is -2.30. The minimum Gasteiger partial charge on any atom is -0.462 e. The SMILES string of the molecule is CC/C=C\C/C=C\C/C=C\C/C=C\C/C=C\CCCCCCCCCCCCCCCC(=O)OCC(COC(=O)CCCCCCC/C=C\C/C=C\CCCCCC)OC(=O)CCCCCCCCC/C=C\C/C=C\C/C=C\CC. The second-order valence-electron chi connectivity index (χ2n) is 22.0. The van der Waals surface area contributed by atoms with Gasteiger partial charge in [-0.1, -0.05) is 284 Å². The quantitative estimate of drug-likeness (QED) is 0.0261. The molecule has 0 rings (SSSR count). The average molecular weight is 1110 g/mol. The van der Waals surface area contributed by atoms with Crippen LogP contribution in [0.1, 0.15) is 310 Å². The maximum absolute atomic E-state index is 12.9. The number of allylic oxidation sites excluding steroid dienone is 20. The minimum atomic E-state index is -0.794. The van der Waals surface area contributed by atoms with Crippen molar-refractivity contribution >= 4 is 17.9 Å². The third-order valence-corrected chi connectivity index (χ3v) is 14.2. The molecule has 1 atom stereocenters. The Morgan fingerprint density at radius 1 is 0.263 bits per heavy atom. The molecule has 0 spiro atoms. The number of ether oxygens (including phenoxy) is 3. The monoisotopic (exact) mass is 1110 g/mol. The Morgan fingerprint density at radius 3 is 0.762 bits per heavy atom. The van der Waals surface area contributed by atoms with Gasteiger partial charge >= 0.3 is 17.9 Å². The third-order valence-electron chi connectivity index (χ3n) is 14.2. The van der Waals surface area contributed by atoms with Gasteiger partial charge in [-0.2, -0.15) is 0 Å². The minimum absolute atomic E-state index is 0.0880. The van der Waals surface area contributed by atoms with E-state index in [4.69, 9.17) is 14.2 Å². The summed E-state index contributed by atoms with van der Waals surface area (Å²) in [5, 5.41) is 0. The van der Waals surface area contributed by atoms with Crippen molar-refractivity contribution in [2.45, 2.75) is 316 Å². The van der Waals surface area contributed by atoms with Crippen molar-refractivity contribution in [1.82, 2.24) is 0 Å². The van der Waals surface area contributed by atoms with Crippen molar-refractivity contribution < 1.29 is 28.6 Å². The van der Waals surface area contributed by atoms with Gasteiger partial charge in [0.2, 0.25) is 0 Å². The van der Waals surface area contributed by atoms with Crippen LogP contribution >= 0.6 is 0 Å². The zero-order chi connectivity index (χ0) is 57.8. The van der Waals surface area contributed by atoms with Crippen LogP contribution in [-0.4, -0.2) is 37.2 Å². The second-order valence-corrected chi connectivity index (χ2v) is 22.0. The number of carbonyl (C=O) groups is 3. The summed E-state index contributed by atoms with van der Waals surface area (Å²) < 4.78 is 16.9. The average Bonchev–Trinajstić information content (AvgIpc) is 3.46. The molecular weight excluding hydrogens is 985 g/mol. The second kappa shape index (κ2) is 67.3. The zero-order valence-corrected chi connectivity index (χ0v) is 52.3. The van der Waals surface area contributed by atoms with Gasteiger partial charge in [-0.05, 0) is 128 Å². The Kier molecular flexibility index (Phi) is 63.8. The molecule has 0 saturated heterocycles. The van der Waals surface area contributed by atoms with Crippen LogP contribution in [0.15, 0.2) is 122 Å². The molecule has 1 unspecified atom stereocenters. The van der Waals surface area contributed by atoms with Crippen LogP contribution in [-0.2, 0) is 28.6 Å². The predicted octanol–water partition coefficient (Wildman–Crippen LogP) is 23.2. The molecule has 0 aliphatic heterocycles. The van der Waals surface area contributed by atoms with Crippen LogP contribution in [0.4, 0.5) is 0 Å². The molecule has 0 heterocycles. The fraction of sp³-hybridized carbons (Fsp3) is 0.689. The lowest BCUT2D eigenvalue weighted by atomic mass is 10.0. The zero-order valence-electron chi connectivity index (χ0n) is 52.3. The van der Waals surface area contributed by atoms with Crippen LogP contribution in [0.5, 0.6) is 0 Å². The highest BCUT2D eigenvalue weighted by Crippen LogP contribution is 2.16. The van der Waals surface area contributed by atoms with Crippen molar-refractivity contribution in [3.8, 4) is 0 Å². The van der Waals surface area contributed by atoms with Gasteiger partial charge in [0.15, 0.2) is 6.10 Å². The Hall–Kier alpha value is -4.19. The summed E-state index contributed by atoms with van der Waals surface area (Å²) in [4.78, 5) is 38.4. The molecule has 80 heavy (non-hydrogen) atoms. The third kappa shape index (κ3) is 64.6. The lowest BCUT2D eigenvalue weighted by molar-refractivity contribution is -0.167. The van der Waals surface area contributed by atoms with E-state index in [9.17, 15) is 14.4 Å². The number of hydrogen-bond acceptors (Lipinski definition) is 6. The molecule has 456 valence electrons. The molecule has 0 aliphatic carbocycles. The van der Waals surface area contributed by atoms with Crippen molar-refractivity contribution in [3.05, 3.63) is 122 Å². The molecule has 0 fully saturated rings. The fourth-order valence-electron chi connectivity index (χ4n) is 9.22. The molecule has 0 aromatic rings. The Bertz CT molecular complexity index is 1650. The van der Waals surface area contributed by atoms with E-state index in [1.807, 2.05) is 0 Å². The van der Waals surface area contributed by atoms with E-state index in [-0.39, 0.29) is 31.1 Å². The summed E-state index contributed by atoms with van der Waals surface area (Å²) in [6.45, 7) is 6.40. The highest BCUT2D eigenvalue weighted by Gasteiger charge is 2.19. The standard InChI is InChI=1S/C74H124O6/c1-4-7-10-13-16-19-22-25-28-31-32-33-34-35-36-37-38-39-40-41-42-44-46-49-52-55-58-61-64-67-73(76)79-70-71(69-78-72(75)66-63-60-57-54-51-48-45-30-27-24-21-18-15-12-9-6-3)80-74(77)68-65-62-59-56-53-50-47-43-29-26-23-20-17-14-11-8-5-2/h7-8,10-11,16-17,19-21,24-26,28-30,32-33,35-36,45,71H,4-6,9,12-15,18,22-23,27,31,34,37-44,46-70H2,1-3H3/b10-7-,11-8-,19-16-,20-17-,24-21-,28-25-,29-26-,33-32-,36-35-,45-30-. The molecule has 6 nitrogen and oxygen atoms in total. The van der Waals surface area contributed by atoms with Gasteiger partial charge in [0.05, 0.1) is 0 Å². The van der Waals surface area contributed by atoms with E-state index in [1.54, 1.807) is 0 Å². The van der Waals surface area contributed by atoms with E-state index in [0.29, 0.717) is 19.3 Å². The largest absolute Gasteiger partial charge is 0.462 e. The molecule has 0 amide bonds. The molecule has 0 bridgehead atoms. The van der Waals surface area contributed by atoms with Crippen LogP contribution in [0.25, 0.3) is 0 Å². The summed E-state index contributed by atoms with van der Waals surface area (Å²) in [6, 6.07) is 0. The first-order valence-electron chi connectivity index (χ1n) is 33.5.